The van der Waals surface area contributed by atoms with E-state index in [9.17, 15) is 0 Å². The van der Waals surface area contributed by atoms with Crippen molar-refractivity contribution >= 4 is 39.5 Å². The third-order valence-electron chi connectivity index (χ3n) is 3.48. The molecule has 3 aromatic rings. The lowest BCUT2D eigenvalue weighted by Gasteiger charge is -2.15. The molecule has 0 aliphatic carbocycles. The molecule has 0 aliphatic heterocycles. The predicted octanol–water partition coefficient (Wildman–Crippen LogP) is 4.00. The summed E-state index contributed by atoms with van der Waals surface area (Å²) in [6.07, 6.45) is 0. The topological polar surface area (TPSA) is 46.3 Å². The van der Waals surface area contributed by atoms with E-state index in [0.29, 0.717) is 10.0 Å². The smallest absolute Gasteiger partial charge is 0.235 e. The Morgan fingerprint density at radius 2 is 1.95 bits per heavy atom. The van der Waals surface area contributed by atoms with Crippen molar-refractivity contribution in [2.75, 3.05) is 13.1 Å². The molecule has 0 saturated carbocycles. The van der Waals surface area contributed by atoms with Gasteiger partial charge in [0, 0.05) is 10.6 Å². The van der Waals surface area contributed by atoms with Crippen molar-refractivity contribution in [1.82, 2.24) is 24.7 Å². The Balaban J connectivity index is 1.98. The highest BCUT2D eigenvalue weighted by molar-refractivity contribution is 7.19. The van der Waals surface area contributed by atoms with Crippen LogP contribution in [0, 0.1) is 0 Å². The van der Waals surface area contributed by atoms with Crippen LogP contribution in [0.4, 0.5) is 0 Å². The van der Waals surface area contributed by atoms with Crippen LogP contribution in [0.15, 0.2) is 18.2 Å². The zero-order valence-electron chi connectivity index (χ0n) is 12.3. The zero-order valence-corrected chi connectivity index (χ0v) is 14.6. The summed E-state index contributed by atoms with van der Waals surface area (Å²) < 4.78 is 1.79. The first kappa shape index (κ1) is 15.7. The van der Waals surface area contributed by atoms with Crippen molar-refractivity contribution < 1.29 is 0 Å². The number of hydrogen-bond donors (Lipinski definition) is 0. The van der Waals surface area contributed by atoms with Crippen LogP contribution in [0.25, 0.3) is 15.5 Å². The molecule has 0 amide bonds. The van der Waals surface area contributed by atoms with E-state index in [1.165, 1.54) is 11.3 Å². The third-order valence-corrected chi connectivity index (χ3v) is 4.96. The zero-order chi connectivity index (χ0) is 15.7. The molecule has 0 unspecified atom stereocenters. The number of benzene rings is 1. The van der Waals surface area contributed by atoms with E-state index < -0.39 is 0 Å². The number of hydrogen-bond acceptors (Lipinski definition) is 5. The third kappa shape index (κ3) is 2.96. The Morgan fingerprint density at radius 3 is 2.64 bits per heavy atom. The number of aromatic nitrogens is 4. The minimum Gasteiger partial charge on any atom is -0.296 e. The summed E-state index contributed by atoms with van der Waals surface area (Å²) in [6.45, 7) is 6.91. The van der Waals surface area contributed by atoms with E-state index in [2.05, 4.69) is 34.0 Å². The molecule has 0 saturated heterocycles. The molecule has 0 radical (unpaired) electrons. The van der Waals surface area contributed by atoms with Crippen LogP contribution in [0.5, 0.6) is 0 Å². The van der Waals surface area contributed by atoms with Crippen LogP contribution in [0.1, 0.15) is 19.7 Å². The van der Waals surface area contributed by atoms with Crippen LogP contribution < -0.4 is 0 Å². The average molecular weight is 356 g/mol. The number of fused-ring (bicyclic) bond motifs is 1. The van der Waals surface area contributed by atoms with Crippen molar-refractivity contribution in [3.05, 3.63) is 34.1 Å². The molecule has 0 N–H and O–H groups in total. The number of nitrogens with zero attached hydrogens (tertiary/aromatic N) is 5. The van der Waals surface area contributed by atoms with E-state index in [4.69, 9.17) is 23.2 Å². The normalized spacial score (nSPS) is 11.7. The standard InChI is InChI=1S/C14H15Cl2N5S/c1-3-20(4-2)8-12-17-18-14-21(12)19-13(22-14)10-6-5-9(15)7-11(10)16/h5-7H,3-4,8H2,1-2H3. The molecule has 2 heterocycles. The number of halogens is 2. The molecule has 0 aliphatic rings. The first-order valence-electron chi connectivity index (χ1n) is 7.01. The summed E-state index contributed by atoms with van der Waals surface area (Å²) >= 11 is 13.7. The van der Waals surface area contributed by atoms with E-state index in [1.54, 1.807) is 10.6 Å². The van der Waals surface area contributed by atoms with Gasteiger partial charge in [-0.05, 0) is 31.3 Å². The maximum atomic E-state index is 6.26. The molecule has 5 nitrogen and oxygen atoms in total. The van der Waals surface area contributed by atoms with Crippen molar-refractivity contribution in [2.24, 2.45) is 0 Å². The molecule has 1 aromatic carbocycles. The second-order valence-electron chi connectivity index (χ2n) is 4.80. The van der Waals surface area contributed by atoms with Gasteiger partial charge in [0.2, 0.25) is 4.96 Å². The van der Waals surface area contributed by atoms with Crippen LogP contribution in [0.3, 0.4) is 0 Å². The lowest BCUT2D eigenvalue weighted by Crippen LogP contribution is -2.23. The molecule has 116 valence electrons. The van der Waals surface area contributed by atoms with E-state index in [0.717, 1.165) is 41.0 Å². The van der Waals surface area contributed by atoms with Gasteiger partial charge in [0.15, 0.2) is 5.82 Å². The molecule has 0 spiro atoms. The summed E-state index contributed by atoms with van der Waals surface area (Å²) in [5, 5.41) is 15.1. The lowest BCUT2D eigenvalue weighted by atomic mass is 10.2. The van der Waals surface area contributed by atoms with Crippen molar-refractivity contribution in [2.45, 2.75) is 20.4 Å². The molecule has 2 aromatic heterocycles. The largest absolute Gasteiger partial charge is 0.296 e. The summed E-state index contributed by atoms with van der Waals surface area (Å²) in [6, 6.07) is 5.40. The Morgan fingerprint density at radius 1 is 1.18 bits per heavy atom. The van der Waals surface area contributed by atoms with Crippen LogP contribution in [-0.2, 0) is 6.54 Å². The van der Waals surface area contributed by atoms with Gasteiger partial charge in [-0.25, -0.2) is 0 Å². The van der Waals surface area contributed by atoms with Gasteiger partial charge in [0.05, 0.1) is 11.6 Å². The molecule has 0 fully saturated rings. The van der Waals surface area contributed by atoms with Gasteiger partial charge in [-0.2, -0.15) is 9.61 Å². The van der Waals surface area contributed by atoms with Gasteiger partial charge in [-0.15, -0.1) is 10.2 Å². The summed E-state index contributed by atoms with van der Waals surface area (Å²) in [5.41, 5.74) is 0.857. The summed E-state index contributed by atoms with van der Waals surface area (Å²) in [4.78, 5) is 3.04. The van der Waals surface area contributed by atoms with Crippen molar-refractivity contribution in [3.63, 3.8) is 0 Å². The van der Waals surface area contributed by atoms with Gasteiger partial charge in [0.1, 0.15) is 5.01 Å². The molecule has 8 heteroatoms. The molecule has 3 rings (SSSR count). The first-order valence-corrected chi connectivity index (χ1v) is 8.58. The quantitative estimate of drug-likeness (QED) is 0.693. The molecule has 0 bridgehead atoms. The Hall–Kier alpha value is -1.21. The maximum absolute atomic E-state index is 6.26. The highest BCUT2D eigenvalue weighted by Crippen LogP contribution is 2.33. The predicted molar refractivity (Wildman–Crippen MR) is 90.7 cm³/mol. The van der Waals surface area contributed by atoms with Crippen LogP contribution in [0.2, 0.25) is 10.0 Å². The average Bonchev–Trinajstić information content (AvgIpc) is 3.06. The summed E-state index contributed by atoms with van der Waals surface area (Å²) in [5.74, 6) is 0.839. The molecule has 22 heavy (non-hydrogen) atoms. The fourth-order valence-electron chi connectivity index (χ4n) is 2.18. The lowest BCUT2D eigenvalue weighted by molar-refractivity contribution is 0.286. The van der Waals surface area contributed by atoms with E-state index in [1.807, 2.05) is 12.1 Å². The van der Waals surface area contributed by atoms with Gasteiger partial charge >= 0.3 is 0 Å². The van der Waals surface area contributed by atoms with Gasteiger partial charge in [-0.1, -0.05) is 48.4 Å². The second kappa shape index (κ2) is 6.50. The van der Waals surface area contributed by atoms with E-state index in [-0.39, 0.29) is 0 Å². The SMILES string of the molecule is CCN(CC)Cc1nnc2sc(-c3ccc(Cl)cc3Cl)nn12. The van der Waals surface area contributed by atoms with Crippen LogP contribution in [-0.4, -0.2) is 37.8 Å². The van der Waals surface area contributed by atoms with Crippen molar-refractivity contribution in [3.8, 4) is 10.6 Å². The van der Waals surface area contributed by atoms with Gasteiger partial charge < -0.3 is 0 Å². The minimum absolute atomic E-state index is 0.586. The Bertz CT molecular complexity index is 794. The van der Waals surface area contributed by atoms with E-state index >= 15 is 0 Å². The minimum atomic E-state index is 0.586. The Kier molecular flexibility index (Phi) is 4.63. The van der Waals surface area contributed by atoms with Crippen molar-refractivity contribution in [1.29, 1.82) is 0 Å². The van der Waals surface area contributed by atoms with Gasteiger partial charge in [0.25, 0.3) is 0 Å². The van der Waals surface area contributed by atoms with Gasteiger partial charge in [-0.3, -0.25) is 4.90 Å². The second-order valence-corrected chi connectivity index (χ2v) is 6.60. The monoisotopic (exact) mass is 355 g/mol. The fourth-order valence-corrected chi connectivity index (χ4v) is 3.63. The number of rotatable bonds is 5. The molecular formula is C14H15Cl2N5S. The summed E-state index contributed by atoms with van der Waals surface area (Å²) in [7, 11) is 0. The Labute approximate surface area is 142 Å². The fraction of sp³-hybridized carbons (Fsp3) is 0.357. The highest BCUT2D eigenvalue weighted by Gasteiger charge is 2.16. The van der Waals surface area contributed by atoms with Crippen LogP contribution >= 0.6 is 34.5 Å². The highest BCUT2D eigenvalue weighted by atomic mass is 35.5. The first-order chi connectivity index (χ1) is 10.6. The molecular weight excluding hydrogens is 341 g/mol. The molecule has 0 atom stereocenters. The maximum Gasteiger partial charge on any atom is 0.235 e.